The number of imide groups is 1. The predicted octanol–water partition coefficient (Wildman–Crippen LogP) is 1.20. The third kappa shape index (κ3) is 3.61. The van der Waals surface area contributed by atoms with Crippen molar-refractivity contribution in [3.8, 4) is 0 Å². The van der Waals surface area contributed by atoms with Crippen molar-refractivity contribution in [2.75, 3.05) is 19.8 Å². The standard InChI is InChI=1S/C19H27N3O2/c1-15-7-6-12-21(13-15)14-22-17(23)19(2,20-18(22)24)11-10-16-8-4-3-5-9-16/h3-5,8-9,15H,6-7,10-14H2,1-2H3,(H,20,24)/p+1/t15-,19-/m1/s1. The van der Waals surface area contributed by atoms with Gasteiger partial charge in [-0.3, -0.25) is 4.79 Å². The molecule has 3 rings (SSSR count). The van der Waals surface area contributed by atoms with Gasteiger partial charge in [0.2, 0.25) is 0 Å². The molecule has 5 nitrogen and oxygen atoms in total. The smallest absolute Gasteiger partial charge is 0.323 e. The summed E-state index contributed by atoms with van der Waals surface area (Å²) in [6, 6.07) is 9.86. The Hall–Kier alpha value is -1.88. The van der Waals surface area contributed by atoms with Crippen LogP contribution in [-0.2, 0) is 11.2 Å². The summed E-state index contributed by atoms with van der Waals surface area (Å²) < 4.78 is 0. The number of carbonyl (C=O) groups is 2. The molecule has 24 heavy (non-hydrogen) atoms. The first-order chi connectivity index (χ1) is 11.5. The van der Waals surface area contributed by atoms with E-state index < -0.39 is 5.54 Å². The van der Waals surface area contributed by atoms with E-state index in [-0.39, 0.29) is 11.9 Å². The largest absolute Gasteiger partial charge is 0.329 e. The minimum Gasteiger partial charge on any atom is -0.323 e. The van der Waals surface area contributed by atoms with Gasteiger partial charge in [-0.05, 0) is 38.2 Å². The Morgan fingerprint density at radius 3 is 2.75 bits per heavy atom. The van der Waals surface area contributed by atoms with Crippen LogP contribution in [0.25, 0.3) is 0 Å². The first-order valence-corrected chi connectivity index (χ1v) is 8.99. The molecule has 1 unspecified atom stereocenters. The maximum atomic E-state index is 12.8. The lowest BCUT2D eigenvalue weighted by Gasteiger charge is -2.30. The number of benzene rings is 1. The highest BCUT2D eigenvalue weighted by Crippen LogP contribution is 2.22. The van der Waals surface area contributed by atoms with Gasteiger partial charge in [0.1, 0.15) is 5.54 Å². The maximum absolute atomic E-state index is 12.8. The van der Waals surface area contributed by atoms with Crippen LogP contribution in [0.2, 0.25) is 0 Å². The van der Waals surface area contributed by atoms with E-state index in [2.05, 4.69) is 24.4 Å². The molecule has 0 aliphatic carbocycles. The number of nitrogens with zero attached hydrogens (tertiary/aromatic N) is 1. The van der Waals surface area contributed by atoms with Crippen molar-refractivity contribution in [1.29, 1.82) is 0 Å². The lowest BCUT2D eigenvalue weighted by Crippen LogP contribution is -3.15. The normalized spacial score (nSPS) is 30.5. The van der Waals surface area contributed by atoms with Gasteiger partial charge in [0.15, 0.2) is 6.67 Å². The number of hydrogen-bond donors (Lipinski definition) is 2. The molecule has 2 N–H and O–H groups in total. The van der Waals surface area contributed by atoms with E-state index >= 15 is 0 Å². The highest BCUT2D eigenvalue weighted by molar-refractivity contribution is 6.06. The molecule has 2 saturated heterocycles. The van der Waals surface area contributed by atoms with Gasteiger partial charge in [-0.1, -0.05) is 37.3 Å². The first kappa shape index (κ1) is 17.0. The van der Waals surface area contributed by atoms with Crippen molar-refractivity contribution < 1.29 is 14.5 Å². The van der Waals surface area contributed by atoms with Crippen molar-refractivity contribution in [2.24, 2.45) is 5.92 Å². The fraction of sp³-hybridized carbons (Fsp3) is 0.579. The quantitative estimate of drug-likeness (QED) is 0.797. The Labute approximate surface area is 144 Å². The summed E-state index contributed by atoms with van der Waals surface area (Å²) in [6.07, 6.45) is 3.83. The average molecular weight is 330 g/mol. The van der Waals surface area contributed by atoms with Crippen LogP contribution in [0.5, 0.6) is 0 Å². The van der Waals surface area contributed by atoms with E-state index in [0.29, 0.717) is 19.0 Å². The molecule has 0 radical (unpaired) electrons. The lowest BCUT2D eigenvalue weighted by molar-refractivity contribution is -0.915. The van der Waals surface area contributed by atoms with Crippen LogP contribution in [-0.4, -0.2) is 42.1 Å². The lowest BCUT2D eigenvalue weighted by atomic mass is 9.93. The molecule has 5 heteroatoms. The molecular weight excluding hydrogens is 302 g/mol. The molecule has 2 fully saturated rings. The number of likely N-dealkylation sites (tertiary alicyclic amines) is 1. The number of amides is 3. The zero-order valence-corrected chi connectivity index (χ0v) is 14.7. The highest BCUT2D eigenvalue weighted by Gasteiger charge is 2.48. The molecule has 1 aromatic carbocycles. The van der Waals surface area contributed by atoms with Crippen molar-refractivity contribution in [3.05, 3.63) is 35.9 Å². The van der Waals surface area contributed by atoms with Gasteiger partial charge in [-0.2, -0.15) is 0 Å². The number of urea groups is 1. The minimum absolute atomic E-state index is 0.0749. The zero-order valence-electron chi connectivity index (χ0n) is 14.7. The second-order valence-corrected chi connectivity index (χ2v) is 7.59. The summed E-state index contributed by atoms with van der Waals surface area (Å²) in [7, 11) is 0. The summed E-state index contributed by atoms with van der Waals surface area (Å²) in [5.41, 5.74) is 0.406. The molecule has 3 atom stereocenters. The number of aryl methyl sites for hydroxylation is 1. The van der Waals surface area contributed by atoms with Gasteiger partial charge in [0.05, 0.1) is 13.1 Å². The molecule has 0 aromatic heterocycles. The van der Waals surface area contributed by atoms with E-state index in [0.717, 1.165) is 19.5 Å². The van der Waals surface area contributed by atoms with Crippen molar-refractivity contribution in [1.82, 2.24) is 10.2 Å². The fourth-order valence-electron chi connectivity index (χ4n) is 3.86. The Morgan fingerprint density at radius 1 is 1.29 bits per heavy atom. The monoisotopic (exact) mass is 330 g/mol. The summed E-state index contributed by atoms with van der Waals surface area (Å²) in [4.78, 5) is 28.0. The molecule has 2 aliphatic rings. The average Bonchev–Trinajstić information content (AvgIpc) is 2.78. The first-order valence-electron chi connectivity index (χ1n) is 8.99. The third-order valence-electron chi connectivity index (χ3n) is 5.35. The zero-order chi connectivity index (χ0) is 17.2. The summed E-state index contributed by atoms with van der Waals surface area (Å²) in [5, 5.41) is 2.93. The molecule has 2 heterocycles. The van der Waals surface area contributed by atoms with Gasteiger partial charge in [0.25, 0.3) is 5.91 Å². The topological polar surface area (TPSA) is 53.9 Å². The fourth-order valence-corrected chi connectivity index (χ4v) is 3.86. The summed E-state index contributed by atoms with van der Waals surface area (Å²) in [5.74, 6) is 0.591. The van der Waals surface area contributed by atoms with Crippen LogP contribution in [0.4, 0.5) is 4.79 Å². The number of rotatable bonds is 5. The van der Waals surface area contributed by atoms with Crippen LogP contribution >= 0.6 is 0 Å². The van der Waals surface area contributed by atoms with Crippen molar-refractivity contribution >= 4 is 11.9 Å². The molecular formula is C19H28N3O2+. The third-order valence-corrected chi connectivity index (χ3v) is 5.35. The minimum atomic E-state index is -0.784. The molecule has 1 aromatic rings. The van der Waals surface area contributed by atoms with Crippen LogP contribution in [0.1, 0.15) is 38.7 Å². The molecule has 0 saturated carbocycles. The van der Waals surface area contributed by atoms with Gasteiger partial charge in [-0.25, -0.2) is 9.69 Å². The van der Waals surface area contributed by atoms with Crippen molar-refractivity contribution in [2.45, 2.75) is 45.1 Å². The number of hydrogen-bond acceptors (Lipinski definition) is 2. The van der Waals surface area contributed by atoms with Crippen molar-refractivity contribution in [3.63, 3.8) is 0 Å². The number of piperidine rings is 1. The SMILES string of the molecule is C[C@@H]1CCC[NH+](CN2C(=O)N[C@](C)(CCc3ccccc3)C2=O)C1. The second-order valence-electron chi connectivity index (χ2n) is 7.59. The maximum Gasteiger partial charge on any atom is 0.329 e. The van der Waals surface area contributed by atoms with E-state index in [1.165, 1.54) is 28.2 Å². The van der Waals surface area contributed by atoms with E-state index in [1.807, 2.05) is 25.1 Å². The number of nitrogens with one attached hydrogen (secondary N) is 2. The Morgan fingerprint density at radius 2 is 2.04 bits per heavy atom. The van der Waals surface area contributed by atoms with E-state index in [1.54, 1.807) is 0 Å². The Balaban J connectivity index is 1.62. The summed E-state index contributed by atoms with van der Waals surface area (Å²) >= 11 is 0. The Kier molecular flexibility index (Phi) is 4.90. The van der Waals surface area contributed by atoms with Crippen LogP contribution < -0.4 is 10.2 Å². The number of quaternary nitrogens is 1. The van der Waals surface area contributed by atoms with Crippen LogP contribution in [0, 0.1) is 5.92 Å². The van der Waals surface area contributed by atoms with Gasteiger partial charge < -0.3 is 10.2 Å². The van der Waals surface area contributed by atoms with Crippen LogP contribution in [0.15, 0.2) is 30.3 Å². The Bertz CT molecular complexity index is 604. The molecule has 2 aliphatic heterocycles. The van der Waals surface area contributed by atoms with E-state index in [4.69, 9.17) is 0 Å². The molecule has 0 bridgehead atoms. The van der Waals surface area contributed by atoms with E-state index in [9.17, 15) is 9.59 Å². The van der Waals surface area contributed by atoms with Gasteiger partial charge in [-0.15, -0.1) is 0 Å². The van der Waals surface area contributed by atoms with Crippen LogP contribution in [0.3, 0.4) is 0 Å². The summed E-state index contributed by atoms with van der Waals surface area (Å²) in [6.45, 7) is 6.68. The van der Waals surface area contributed by atoms with Gasteiger partial charge in [0, 0.05) is 5.92 Å². The second kappa shape index (κ2) is 6.93. The highest BCUT2D eigenvalue weighted by atomic mass is 16.2. The molecule has 3 amide bonds. The van der Waals surface area contributed by atoms with Gasteiger partial charge >= 0.3 is 6.03 Å². The number of carbonyl (C=O) groups excluding carboxylic acids is 2. The molecule has 0 spiro atoms. The molecule has 130 valence electrons. The predicted molar refractivity (Wildman–Crippen MR) is 92.5 cm³/mol.